The summed E-state index contributed by atoms with van der Waals surface area (Å²) in [6.07, 6.45) is 23.0. The zero-order valence-corrected chi connectivity index (χ0v) is 98.9. The fourth-order valence-electron chi connectivity index (χ4n) is 15.4. The number of fused-ring (bicyclic) bond motifs is 13. The number of unbranched alkanes of at least 4 members (excludes halogenated alkanes) is 3. The first-order chi connectivity index (χ1) is 70.8. The van der Waals surface area contributed by atoms with E-state index in [2.05, 4.69) is 311 Å². The van der Waals surface area contributed by atoms with Crippen LogP contribution in [0.15, 0.2) is 327 Å². The van der Waals surface area contributed by atoms with Crippen molar-refractivity contribution in [1.29, 1.82) is 0 Å². The second kappa shape index (κ2) is 59.0. The van der Waals surface area contributed by atoms with Crippen molar-refractivity contribution >= 4 is 325 Å². The Morgan fingerprint density at radius 2 is 0.712 bits per heavy atom. The smallest absolute Gasteiger partial charge is 0.507 e. The number of thiophene rings is 2. The van der Waals surface area contributed by atoms with E-state index < -0.39 is 76.6 Å². The zero-order valence-electron chi connectivity index (χ0n) is 84.0. The number of aryl methyl sites for hydroxylation is 1. The predicted molar refractivity (Wildman–Crippen MR) is 632 cm³/mol. The minimum absolute atomic E-state index is 0.250. The molecule has 0 amide bonds. The summed E-state index contributed by atoms with van der Waals surface area (Å²) in [4.78, 5) is 3.75. The van der Waals surface area contributed by atoms with Gasteiger partial charge in [-0.2, -0.15) is 64.8 Å². The van der Waals surface area contributed by atoms with Gasteiger partial charge in [0, 0.05) is 72.1 Å². The monoisotopic (exact) mass is 2580 g/mol. The molecule has 4 N–H and O–H groups in total. The van der Waals surface area contributed by atoms with E-state index in [0.29, 0.717) is 16.0 Å². The fourth-order valence-corrected chi connectivity index (χ4v) is 37.1. The molecule has 0 fully saturated rings. The first kappa shape index (κ1) is 119. The first-order valence-corrected chi connectivity index (χ1v) is 75.0. The minimum Gasteiger partial charge on any atom is -0.507 e. The second-order valence-electron chi connectivity index (χ2n) is 32.3. The molecule has 0 aliphatic heterocycles. The second-order valence-corrected chi connectivity index (χ2v) is 62.1. The SMILES string of the molecule is C/C=[CH]/[Sn]([CH2]CCC)([CH2]CCC)[CH2]CCC.COc1cc2ccccc2cc1SC.COc1ccc2ccccc2c1.CSc1cc2ccccc2cc1/C=C/c1cc2ccccc2cc1C.CSc1cc2ccccc2cc1O.CSc1cc2ccccc2cc1OS(=O)(=O)C(F)(F)F.II.O=S(=O)(OS(=O)(=O)C(F)(F)F)C(F)(F)F.[2H]N([3H])[3H].[Cl][Al]([Cl])[Cl].c1ccc2cc3c(cc2c1)sc1c2cc4ccccc4cc2sc31. The van der Waals surface area contributed by atoms with Crippen molar-refractivity contribution in [2.75, 3.05) is 39.2 Å². The number of phenols is 1. The number of alkyl halides is 9. The minimum atomic E-state index is -6.85. The van der Waals surface area contributed by atoms with Crippen LogP contribution in [0.3, 0.4) is 0 Å². The number of methoxy groups -OCH3 is 2. The Morgan fingerprint density at radius 3 is 1.06 bits per heavy atom. The first-order valence-electron chi connectivity index (χ1n) is 46.4. The number of hydrogen-bond acceptors (Lipinski definition) is 18. The Hall–Kier alpha value is -7.34. The number of rotatable bonds is 22. The molecule has 0 atom stereocenters. The van der Waals surface area contributed by atoms with Gasteiger partial charge in [-0.25, -0.2) is 30.1 Å². The standard InChI is InChI=1S/C24H20S.C22H12S2.C12H9F3O3S2.C12H12OS.C11H10OS.C11H10O.3C4H9.C3H5.C2F6O5S2.Al.3ClH.I2.H3N.Sn/c1-17-13-19-7-3-4-8-20(19)14-18(17)11-12-23-15-21-9-5-6-10-22(21)16-24(23)25-2;1-3-7-15-11-19-17(9-13(15)5-1)21-22(23-19)18-10-14-6-2-4-8-16(14)12-20(18)24-21;1-19-11-7-9-5-3-2-4-8(9)6-10(11)18-20(16,17)12(13,14)15;1-13-11-7-9-5-3-4-6-10(9)8-12(11)14-2;1-13-11-7-9-5-3-2-4-8(9)6-10(11)12;1-12-11-7-6-9-4-2-3-5-10(9)8-11;3*1-3-4-2;1-3-2;3-1(4,5)14(9,10)13-15(11,12)2(6,7)8;;;;;1-2;;/h3-16H,1-2H3;1-12H;2-7H,1H3;3-8H,1-2H3;2-7,12H,1H3;2-8H,1H3;3*1,3-4H2,2H3;1,3H,2H3;;;3*1H;;1H3;/q;;;;;;;;;;;+3;;;;;;/p-3/b12-11+;;;;;;;;;;;;;;;;;/i/hT2D. The maximum Gasteiger partial charge on any atom is 0.643 e. The number of allylic oxidation sites excluding steroid dienone is 1. The van der Waals surface area contributed by atoms with Gasteiger partial charge in [0.15, 0.2) is 5.75 Å². The quantitative estimate of drug-likeness (QED) is 0.0124. The van der Waals surface area contributed by atoms with E-state index in [-0.39, 0.29) is 11.9 Å². The van der Waals surface area contributed by atoms with E-state index >= 15 is 0 Å². The Balaban J connectivity index is 0.000000207. The Bertz CT molecular complexity index is 7690. The van der Waals surface area contributed by atoms with Gasteiger partial charge in [0.05, 0.1) is 28.5 Å². The largest absolute Gasteiger partial charge is 0.643 e. The summed E-state index contributed by atoms with van der Waals surface area (Å²) in [5, 5.41) is 31.5. The topological polar surface area (TPSA) is 195 Å². The van der Waals surface area contributed by atoms with E-state index in [4.69, 9.17) is 43.9 Å². The molecule has 146 heavy (non-hydrogen) atoms. The number of halogens is 14. The number of benzene rings is 16. The molecule has 774 valence electrons. The van der Waals surface area contributed by atoms with Crippen LogP contribution in [0.2, 0.25) is 17.5 Å². The number of ether oxygens (including phenoxy) is 2. The van der Waals surface area contributed by atoms with Crippen LogP contribution in [0.25, 0.3) is 128 Å². The number of hydrogen-bond donors (Lipinski definition) is 2. The van der Waals surface area contributed by atoms with Crippen molar-refractivity contribution in [2.45, 2.75) is 123 Å². The van der Waals surface area contributed by atoms with Gasteiger partial charge < -0.3 is 24.9 Å². The van der Waals surface area contributed by atoms with E-state index in [1.165, 1.54) is 171 Å². The van der Waals surface area contributed by atoms with Crippen LogP contribution in [0.4, 0.5) is 39.5 Å². The number of thioether (sulfide) groups is 4. The molecule has 2 heterocycles. The van der Waals surface area contributed by atoms with Gasteiger partial charge in [-0.05, 0) is 226 Å². The van der Waals surface area contributed by atoms with Gasteiger partial charge in [-0.3, -0.25) is 0 Å². The molecule has 0 bridgehead atoms. The summed E-state index contributed by atoms with van der Waals surface area (Å²) < 4.78 is 214. The molecule has 16 aromatic carbocycles. The summed E-state index contributed by atoms with van der Waals surface area (Å²) in [6.45, 7) is 11.4. The molecule has 18 aromatic rings. The number of phenolic OH excluding ortho intramolecular Hbond substituents is 1. The summed E-state index contributed by atoms with van der Waals surface area (Å²) in [5.41, 5.74) is -14.1. The number of aromatic hydroxyl groups is 1. The molecular weight excluding hydrogens is 2460 g/mol. The molecule has 0 saturated heterocycles. The van der Waals surface area contributed by atoms with Crippen LogP contribution < -0.4 is 19.8 Å². The van der Waals surface area contributed by atoms with Crippen molar-refractivity contribution in [2.24, 2.45) is 0 Å². The maximum absolute atomic E-state index is 12.3. The van der Waals surface area contributed by atoms with Crippen molar-refractivity contribution in [3.05, 3.63) is 324 Å². The molecule has 0 unspecified atom stereocenters. The average Bonchev–Trinajstić information content (AvgIpc) is 1.57. The molecule has 0 saturated carbocycles. The Labute approximate surface area is 921 Å². The van der Waals surface area contributed by atoms with Crippen LogP contribution in [-0.2, 0) is 34.0 Å². The van der Waals surface area contributed by atoms with E-state index in [1.54, 1.807) is 105 Å². The third-order valence-electron chi connectivity index (χ3n) is 22.6. The summed E-state index contributed by atoms with van der Waals surface area (Å²) in [6, 6.07) is 101. The Kier molecular flexibility index (Phi) is 48.1. The summed E-state index contributed by atoms with van der Waals surface area (Å²) in [7, 11) is -1.13. The van der Waals surface area contributed by atoms with Crippen molar-refractivity contribution < 1.29 is 91.4 Å². The van der Waals surface area contributed by atoms with Crippen molar-refractivity contribution in [3.8, 4) is 23.0 Å². The molecule has 0 spiro atoms. The average molecular weight is 2580 g/mol. The molecule has 37 heteroatoms. The predicted octanol–water partition coefficient (Wildman–Crippen LogP) is 38.5. The third-order valence-corrected chi connectivity index (χ3v) is 46.2. The molecule has 2 aromatic heterocycles. The normalized spacial score (nSPS) is 11.9. The van der Waals surface area contributed by atoms with Gasteiger partial charge in [0.25, 0.3) is 0 Å². The summed E-state index contributed by atoms with van der Waals surface area (Å²) >= 11 is 10.7. The van der Waals surface area contributed by atoms with Crippen molar-refractivity contribution in [3.63, 3.8) is 0 Å². The fraction of sp³-hybridized carbons (Fsp3) is 0.211. The van der Waals surface area contributed by atoms with Gasteiger partial charge in [-0.1, -0.05) is 218 Å². The molecular formula is C109H108AlCl3F9I2NO11S9Sn. The molecule has 0 aliphatic carbocycles. The van der Waals surface area contributed by atoms with Crippen LogP contribution >= 0.6 is 137 Å². The van der Waals surface area contributed by atoms with Crippen molar-refractivity contribution in [1.82, 2.24) is 6.13 Å². The van der Waals surface area contributed by atoms with E-state index in [9.17, 15) is 69.9 Å². The molecule has 12 nitrogen and oxygen atoms in total. The summed E-state index contributed by atoms with van der Waals surface area (Å²) in [5.74, 6) is 1.91. The zero-order chi connectivity index (χ0) is 110. The molecule has 0 radical (unpaired) electrons. The van der Waals surface area contributed by atoms with Gasteiger partial charge in [0.2, 0.25) is 0 Å². The van der Waals surface area contributed by atoms with Crippen LogP contribution in [0.1, 0.15) is 82.9 Å². The van der Waals surface area contributed by atoms with Crippen LogP contribution in [0.5, 0.6) is 23.0 Å². The van der Waals surface area contributed by atoms with Crippen LogP contribution in [0, 0.1) is 6.92 Å². The van der Waals surface area contributed by atoms with Crippen LogP contribution in [-0.4, -0.2) is 116 Å². The molecule has 18 rings (SSSR count). The van der Waals surface area contributed by atoms with E-state index in [0.717, 1.165) is 38.9 Å². The third kappa shape index (κ3) is 35.1. The van der Waals surface area contributed by atoms with Gasteiger partial charge in [-0.15, -0.1) is 73.4 Å². The Morgan fingerprint density at radius 1 is 0.418 bits per heavy atom. The van der Waals surface area contributed by atoms with Gasteiger partial charge in [0.1, 0.15) is 21.5 Å². The molecule has 0 aliphatic rings. The van der Waals surface area contributed by atoms with Gasteiger partial charge >= 0.3 is 166 Å². The maximum atomic E-state index is 12.3. The van der Waals surface area contributed by atoms with E-state index in [1.807, 2.05) is 87.2 Å².